The van der Waals surface area contributed by atoms with E-state index in [2.05, 4.69) is 15.3 Å². The van der Waals surface area contributed by atoms with Gasteiger partial charge in [-0.2, -0.15) is 0 Å². The number of aliphatic hydroxyl groups is 1. The first kappa shape index (κ1) is 14.3. The van der Waals surface area contributed by atoms with E-state index in [0.717, 1.165) is 11.1 Å². The number of H-pyrrole nitrogens is 1. The summed E-state index contributed by atoms with van der Waals surface area (Å²) in [6, 6.07) is 14.8. The average Bonchev–Trinajstić information content (AvgIpc) is 2.53. The van der Waals surface area contributed by atoms with Crippen molar-refractivity contribution in [2.24, 2.45) is 0 Å². The first-order valence-corrected chi connectivity index (χ1v) is 7.11. The largest absolute Gasteiger partial charge is 0.387 e. The molecule has 0 saturated carbocycles. The van der Waals surface area contributed by atoms with E-state index in [-0.39, 0.29) is 12.1 Å². The number of aliphatic hydroxyl groups excluding tert-OH is 1. The number of rotatable bonds is 4. The fraction of sp³-hybridized carbons (Fsp3) is 0.176. The molecule has 1 unspecified atom stereocenters. The molecule has 1 aromatic heterocycles. The third-order valence-corrected chi connectivity index (χ3v) is 3.50. The zero-order chi connectivity index (χ0) is 15.5. The molecule has 5 nitrogen and oxygen atoms in total. The van der Waals surface area contributed by atoms with Crippen LogP contribution in [0.1, 0.15) is 17.2 Å². The van der Waals surface area contributed by atoms with Crippen LogP contribution >= 0.6 is 0 Å². The van der Waals surface area contributed by atoms with Crippen molar-refractivity contribution in [3.05, 3.63) is 70.0 Å². The van der Waals surface area contributed by atoms with E-state index in [1.807, 2.05) is 37.3 Å². The van der Waals surface area contributed by atoms with Gasteiger partial charge in [0.1, 0.15) is 0 Å². The molecule has 3 N–H and O–H groups in total. The molecule has 3 rings (SSSR count). The third-order valence-electron chi connectivity index (χ3n) is 3.50. The van der Waals surface area contributed by atoms with E-state index in [4.69, 9.17) is 0 Å². The van der Waals surface area contributed by atoms with Gasteiger partial charge in [0.15, 0.2) is 0 Å². The molecule has 1 atom stereocenters. The van der Waals surface area contributed by atoms with Crippen LogP contribution in [0.5, 0.6) is 0 Å². The minimum Gasteiger partial charge on any atom is -0.387 e. The number of hydrogen-bond donors (Lipinski definition) is 3. The van der Waals surface area contributed by atoms with Crippen molar-refractivity contribution in [1.82, 2.24) is 9.97 Å². The van der Waals surface area contributed by atoms with Crippen molar-refractivity contribution in [2.75, 3.05) is 11.9 Å². The van der Waals surface area contributed by atoms with Crippen molar-refractivity contribution in [2.45, 2.75) is 13.0 Å². The van der Waals surface area contributed by atoms with E-state index >= 15 is 0 Å². The molecule has 0 saturated heterocycles. The van der Waals surface area contributed by atoms with Crippen LogP contribution in [0, 0.1) is 6.92 Å². The highest BCUT2D eigenvalue weighted by Gasteiger charge is 2.09. The van der Waals surface area contributed by atoms with E-state index in [1.165, 1.54) is 0 Å². The van der Waals surface area contributed by atoms with Crippen LogP contribution in [0.3, 0.4) is 0 Å². The minimum absolute atomic E-state index is 0.196. The van der Waals surface area contributed by atoms with E-state index in [1.54, 1.807) is 18.2 Å². The zero-order valence-electron chi connectivity index (χ0n) is 12.2. The number of nitrogens with zero attached hydrogens (tertiary/aromatic N) is 1. The second-order valence-electron chi connectivity index (χ2n) is 5.24. The van der Waals surface area contributed by atoms with Gasteiger partial charge in [-0.25, -0.2) is 4.98 Å². The lowest BCUT2D eigenvalue weighted by molar-refractivity contribution is 0.191. The molecular weight excluding hydrogens is 278 g/mol. The molecule has 0 aliphatic rings. The normalized spacial score (nSPS) is 12.3. The number of nitrogens with one attached hydrogen (secondary N) is 2. The number of benzene rings is 2. The van der Waals surface area contributed by atoms with E-state index < -0.39 is 6.10 Å². The molecule has 0 fully saturated rings. The van der Waals surface area contributed by atoms with Gasteiger partial charge in [-0.1, -0.05) is 42.0 Å². The summed E-state index contributed by atoms with van der Waals surface area (Å²) in [5, 5.41) is 13.7. The van der Waals surface area contributed by atoms with Crippen LogP contribution in [0.4, 0.5) is 5.95 Å². The van der Waals surface area contributed by atoms with Gasteiger partial charge < -0.3 is 10.4 Å². The summed E-state index contributed by atoms with van der Waals surface area (Å²) in [7, 11) is 0. The zero-order valence-corrected chi connectivity index (χ0v) is 12.2. The Morgan fingerprint density at radius 2 is 2.05 bits per heavy atom. The molecule has 5 heteroatoms. The number of hydrogen-bond acceptors (Lipinski definition) is 4. The number of para-hydroxylation sites is 1. The molecule has 2 aromatic carbocycles. The summed E-state index contributed by atoms with van der Waals surface area (Å²) in [6.07, 6.45) is -0.670. The molecule has 0 spiro atoms. The molecule has 112 valence electrons. The van der Waals surface area contributed by atoms with Crippen molar-refractivity contribution in [3.63, 3.8) is 0 Å². The van der Waals surface area contributed by atoms with Crippen LogP contribution in [-0.4, -0.2) is 21.6 Å². The van der Waals surface area contributed by atoms with E-state index in [9.17, 15) is 9.90 Å². The lowest BCUT2D eigenvalue weighted by atomic mass is 10.1. The average molecular weight is 295 g/mol. The van der Waals surface area contributed by atoms with Crippen LogP contribution < -0.4 is 10.9 Å². The maximum atomic E-state index is 12.0. The van der Waals surface area contributed by atoms with Gasteiger partial charge in [-0.15, -0.1) is 0 Å². The standard InChI is InChI=1S/C17H17N3O2/c1-11-5-4-6-12(9-11)15(21)10-18-17-19-14-8-3-2-7-13(14)16(22)20-17/h2-9,15,21H,10H2,1H3,(H2,18,19,20,22). The fourth-order valence-electron chi connectivity index (χ4n) is 2.36. The van der Waals surface area contributed by atoms with Crippen molar-refractivity contribution in [3.8, 4) is 0 Å². The molecule has 1 heterocycles. The van der Waals surface area contributed by atoms with Gasteiger partial charge in [-0.05, 0) is 24.6 Å². The first-order valence-electron chi connectivity index (χ1n) is 7.11. The topological polar surface area (TPSA) is 78.0 Å². The van der Waals surface area contributed by atoms with Crippen molar-refractivity contribution < 1.29 is 5.11 Å². The highest BCUT2D eigenvalue weighted by Crippen LogP contribution is 2.15. The Morgan fingerprint density at radius 1 is 1.23 bits per heavy atom. The van der Waals surface area contributed by atoms with Gasteiger partial charge in [0.05, 0.1) is 17.0 Å². The molecule has 0 amide bonds. The van der Waals surface area contributed by atoms with Gasteiger partial charge in [0.2, 0.25) is 5.95 Å². The molecule has 22 heavy (non-hydrogen) atoms. The lowest BCUT2D eigenvalue weighted by Crippen LogP contribution is -2.17. The van der Waals surface area contributed by atoms with E-state index in [0.29, 0.717) is 16.9 Å². The lowest BCUT2D eigenvalue weighted by Gasteiger charge is -2.13. The quantitative estimate of drug-likeness (QED) is 0.690. The number of aryl methyl sites for hydroxylation is 1. The molecule has 0 aliphatic heterocycles. The third kappa shape index (κ3) is 2.99. The van der Waals surface area contributed by atoms with Gasteiger partial charge in [-0.3, -0.25) is 9.78 Å². The molecule has 0 aliphatic carbocycles. The van der Waals surface area contributed by atoms with Gasteiger partial charge >= 0.3 is 0 Å². The van der Waals surface area contributed by atoms with Crippen LogP contribution in [0.25, 0.3) is 10.9 Å². The Hall–Kier alpha value is -2.66. The summed E-state index contributed by atoms with van der Waals surface area (Å²) in [4.78, 5) is 19.0. The predicted molar refractivity (Wildman–Crippen MR) is 87.0 cm³/mol. The molecular formula is C17H17N3O2. The maximum absolute atomic E-state index is 12.0. The van der Waals surface area contributed by atoms with Crippen molar-refractivity contribution in [1.29, 1.82) is 0 Å². The Bertz CT molecular complexity index is 858. The highest BCUT2D eigenvalue weighted by atomic mass is 16.3. The number of fused-ring (bicyclic) bond motifs is 1. The number of anilines is 1. The maximum Gasteiger partial charge on any atom is 0.260 e. The van der Waals surface area contributed by atoms with Gasteiger partial charge in [0.25, 0.3) is 5.56 Å². The predicted octanol–water partition coefficient (Wildman–Crippen LogP) is 2.38. The second kappa shape index (κ2) is 5.99. The summed E-state index contributed by atoms with van der Waals surface area (Å²) in [6.45, 7) is 2.25. The Labute approximate surface area is 127 Å². The minimum atomic E-state index is -0.670. The number of aromatic nitrogens is 2. The molecule has 0 bridgehead atoms. The number of aromatic amines is 1. The van der Waals surface area contributed by atoms with Crippen LogP contribution in [0.2, 0.25) is 0 Å². The first-order chi connectivity index (χ1) is 10.6. The molecule has 0 radical (unpaired) electrons. The van der Waals surface area contributed by atoms with Crippen LogP contribution in [0.15, 0.2) is 53.3 Å². The Balaban J connectivity index is 1.78. The smallest absolute Gasteiger partial charge is 0.260 e. The summed E-state index contributed by atoms with van der Waals surface area (Å²) in [5.74, 6) is 0.357. The second-order valence-corrected chi connectivity index (χ2v) is 5.24. The Kier molecular flexibility index (Phi) is 3.89. The monoisotopic (exact) mass is 295 g/mol. The summed E-state index contributed by atoms with van der Waals surface area (Å²) < 4.78 is 0. The highest BCUT2D eigenvalue weighted by molar-refractivity contribution is 5.78. The van der Waals surface area contributed by atoms with Crippen LogP contribution in [-0.2, 0) is 0 Å². The summed E-state index contributed by atoms with van der Waals surface area (Å²) >= 11 is 0. The molecule has 3 aromatic rings. The Morgan fingerprint density at radius 3 is 2.86 bits per heavy atom. The van der Waals surface area contributed by atoms with Crippen molar-refractivity contribution >= 4 is 16.9 Å². The van der Waals surface area contributed by atoms with Gasteiger partial charge in [0, 0.05) is 6.54 Å². The summed E-state index contributed by atoms with van der Waals surface area (Å²) in [5.41, 5.74) is 2.35. The SMILES string of the molecule is Cc1cccc(C(O)CNc2nc3ccccc3c(=O)[nH]2)c1. The fourth-order valence-corrected chi connectivity index (χ4v) is 2.36.